The Labute approximate surface area is 194 Å². The normalized spacial score (nSPS) is 13.1. The molecule has 3 aromatic rings. The number of benzene rings is 1. The van der Waals surface area contributed by atoms with Crippen LogP contribution in [0, 0.1) is 0 Å². The average molecular weight is 475 g/mol. The first-order valence-electron chi connectivity index (χ1n) is 9.70. The summed E-state index contributed by atoms with van der Waals surface area (Å²) in [6.45, 7) is 2.42. The van der Waals surface area contributed by atoms with Gasteiger partial charge in [-0.25, -0.2) is 9.78 Å². The van der Waals surface area contributed by atoms with E-state index in [2.05, 4.69) is 20.3 Å². The lowest BCUT2D eigenvalue weighted by molar-refractivity contribution is 0.250. The van der Waals surface area contributed by atoms with Gasteiger partial charge in [0, 0.05) is 42.5 Å². The van der Waals surface area contributed by atoms with Crippen molar-refractivity contribution in [2.75, 3.05) is 35.9 Å². The Kier molecular flexibility index (Phi) is 6.20. The summed E-state index contributed by atoms with van der Waals surface area (Å²) in [6, 6.07) is 4.85. The topological polar surface area (TPSA) is 92.7 Å². The van der Waals surface area contributed by atoms with Crippen LogP contribution >= 0.6 is 23.2 Å². The Hall–Kier alpha value is -3.30. The molecule has 0 saturated heterocycles. The molecule has 1 N–H and O–H groups in total. The molecule has 0 spiro atoms. The summed E-state index contributed by atoms with van der Waals surface area (Å²) < 4.78 is 10.7. The van der Waals surface area contributed by atoms with E-state index in [1.165, 1.54) is 24.0 Å². The maximum absolute atomic E-state index is 13.5. The number of aromatic nitrogens is 3. The van der Waals surface area contributed by atoms with Gasteiger partial charge in [0.05, 0.1) is 26.5 Å². The summed E-state index contributed by atoms with van der Waals surface area (Å²) in [5, 5.41) is 3.54. The number of amides is 2. The predicted molar refractivity (Wildman–Crippen MR) is 124 cm³/mol. The van der Waals surface area contributed by atoms with Gasteiger partial charge in [-0.15, -0.1) is 0 Å². The Morgan fingerprint density at radius 1 is 1.12 bits per heavy atom. The van der Waals surface area contributed by atoms with Gasteiger partial charge >= 0.3 is 6.03 Å². The molecule has 3 heterocycles. The number of rotatable bonds is 6. The van der Waals surface area contributed by atoms with E-state index in [1.54, 1.807) is 36.8 Å². The summed E-state index contributed by atoms with van der Waals surface area (Å²) in [5.41, 5.74) is 1.83. The highest BCUT2D eigenvalue weighted by Crippen LogP contribution is 2.47. The SMILES string of the molecule is CCN1C(=O)N(c2c(Cl)c(OC)cc(OC)c2Cl)Cc2cnc(Nc3ccncc3)nc21. The van der Waals surface area contributed by atoms with E-state index in [9.17, 15) is 4.79 Å². The number of anilines is 4. The lowest BCUT2D eigenvalue weighted by Crippen LogP contribution is -2.48. The summed E-state index contributed by atoms with van der Waals surface area (Å²) in [5.74, 6) is 1.58. The standard InChI is InChI=1S/C21H20Cl2N6O3/c1-4-28-19-12(10-25-20(27-19)26-13-5-7-24-8-6-13)11-29(21(28)30)18-16(22)14(31-2)9-15(32-3)17(18)23/h5-10H,4,11H2,1-3H3,(H,24,25,26,27). The van der Waals surface area contributed by atoms with Gasteiger partial charge in [-0.05, 0) is 19.1 Å². The Balaban J connectivity index is 1.76. The smallest absolute Gasteiger partial charge is 0.330 e. The second-order valence-corrected chi connectivity index (χ2v) is 7.53. The minimum atomic E-state index is -0.326. The number of nitrogens with one attached hydrogen (secondary N) is 1. The maximum Gasteiger partial charge on any atom is 0.330 e. The molecule has 32 heavy (non-hydrogen) atoms. The van der Waals surface area contributed by atoms with Crippen LogP contribution in [0.3, 0.4) is 0 Å². The fourth-order valence-electron chi connectivity index (χ4n) is 3.41. The van der Waals surface area contributed by atoms with E-state index in [4.69, 9.17) is 32.7 Å². The van der Waals surface area contributed by atoms with Crippen molar-refractivity contribution in [1.29, 1.82) is 0 Å². The molecular weight excluding hydrogens is 455 g/mol. The molecule has 2 aromatic heterocycles. The minimum Gasteiger partial charge on any atom is -0.495 e. The second kappa shape index (κ2) is 9.05. The molecule has 0 radical (unpaired) electrons. The van der Waals surface area contributed by atoms with E-state index in [1.807, 2.05) is 6.92 Å². The Bertz CT molecular complexity index is 1130. The highest BCUT2D eigenvalue weighted by atomic mass is 35.5. The van der Waals surface area contributed by atoms with Crippen molar-refractivity contribution in [3.8, 4) is 11.5 Å². The minimum absolute atomic E-state index is 0.177. The molecule has 1 aromatic carbocycles. The molecule has 0 unspecified atom stereocenters. The fraction of sp³-hybridized carbons (Fsp3) is 0.238. The molecule has 166 valence electrons. The van der Waals surface area contributed by atoms with Crippen LogP contribution in [0.4, 0.5) is 27.9 Å². The third kappa shape index (κ3) is 3.85. The largest absolute Gasteiger partial charge is 0.495 e. The van der Waals surface area contributed by atoms with Crippen molar-refractivity contribution in [2.24, 2.45) is 0 Å². The molecule has 1 aliphatic heterocycles. The lowest BCUT2D eigenvalue weighted by atomic mass is 10.1. The predicted octanol–water partition coefficient (Wildman–Crippen LogP) is 4.91. The molecule has 2 amide bonds. The third-order valence-electron chi connectivity index (χ3n) is 4.96. The molecule has 0 aliphatic carbocycles. The Morgan fingerprint density at radius 3 is 2.38 bits per heavy atom. The van der Waals surface area contributed by atoms with Crippen LogP contribution < -0.4 is 24.6 Å². The highest BCUT2D eigenvalue weighted by molar-refractivity contribution is 6.42. The van der Waals surface area contributed by atoms with Gasteiger partial charge in [-0.3, -0.25) is 14.8 Å². The summed E-state index contributed by atoms with van der Waals surface area (Å²) in [6.07, 6.45) is 5.00. The van der Waals surface area contributed by atoms with E-state index in [-0.39, 0.29) is 22.6 Å². The number of methoxy groups -OCH3 is 2. The van der Waals surface area contributed by atoms with Gasteiger partial charge in [-0.2, -0.15) is 4.98 Å². The number of hydrogen-bond acceptors (Lipinski definition) is 7. The van der Waals surface area contributed by atoms with Crippen molar-refractivity contribution >= 4 is 52.4 Å². The summed E-state index contributed by atoms with van der Waals surface area (Å²) in [7, 11) is 2.96. The van der Waals surface area contributed by atoms with Crippen LogP contribution in [0.2, 0.25) is 10.0 Å². The fourth-order valence-corrected chi connectivity index (χ4v) is 4.12. The van der Waals surface area contributed by atoms with Crippen LogP contribution in [0.1, 0.15) is 12.5 Å². The number of ether oxygens (including phenoxy) is 2. The van der Waals surface area contributed by atoms with Gasteiger partial charge in [0.2, 0.25) is 5.95 Å². The van der Waals surface area contributed by atoms with Crippen LogP contribution in [0.25, 0.3) is 0 Å². The quantitative estimate of drug-likeness (QED) is 0.542. The summed E-state index contributed by atoms with van der Waals surface area (Å²) >= 11 is 13.1. The van der Waals surface area contributed by atoms with Crippen molar-refractivity contribution in [2.45, 2.75) is 13.5 Å². The number of hydrogen-bond donors (Lipinski definition) is 1. The van der Waals surface area contributed by atoms with Gasteiger partial charge in [0.25, 0.3) is 0 Å². The van der Waals surface area contributed by atoms with Crippen molar-refractivity contribution in [3.05, 3.63) is 52.4 Å². The number of carbonyl (C=O) groups is 1. The number of nitrogens with zero attached hydrogens (tertiary/aromatic N) is 5. The van der Waals surface area contributed by atoms with Crippen LogP contribution in [0.5, 0.6) is 11.5 Å². The molecular formula is C21H20Cl2N6O3. The molecule has 0 fully saturated rings. The van der Waals surface area contributed by atoms with Gasteiger partial charge in [0.1, 0.15) is 27.4 Å². The molecule has 11 heteroatoms. The zero-order valence-electron chi connectivity index (χ0n) is 17.6. The van der Waals surface area contributed by atoms with Gasteiger partial charge in [0.15, 0.2) is 0 Å². The first-order chi connectivity index (χ1) is 15.5. The van der Waals surface area contributed by atoms with E-state index >= 15 is 0 Å². The molecule has 9 nitrogen and oxygen atoms in total. The lowest BCUT2D eigenvalue weighted by Gasteiger charge is -2.36. The van der Waals surface area contributed by atoms with Crippen LogP contribution in [0.15, 0.2) is 36.8 Å². The first kappa shape index (κ1) is 21.9. The number of urea groups is 1. The van der Waals surface area contributed by atoms with Crippen LogP contribution in [-0.4, -0.2) is 41.7 Å². The number of pyridine rings is 1. The third-order valence-corrected chi connectivity index (χ3v) is 5.69. The zero-order valence-corrected chi connectivity index (χ0v) is 19.1. The van der Waals surface area contributed by atoms with Gasteiger partial charge in [-0.1, -0.05) is 23.2 Å². The van der Waals surface area contributed by atoms with E-state index < -0.39 is 0 Å². The Morgan fingerprint density at radius 2 is 1.78 bits per heavy atom. The highest BCUT2D eigenvalue weighted by Gasteiger charge is 2.35. The van der Waals surface area contributed by atoms with E-state index in [0.29, 0.717) is 35.5 Å². The van der Waals surface area contributed by atoms with Crippen LogP contribution in [-0.2, 0) is 6.54 Å². The molecule has 4 rings (SSSR count). The molecule has 0 bridgehead atoms. The monoisotopic (exact) mass is 474 g/mol. The van der Waals surface area contributed by atoms with E-state index in [0.717, 1.165) is 11.3 Å². The van der Waals surface area contributed by atoms with Crippen molar-refractivity contribution in [3.63, 3.8) is 0 Å². The average Bonchev–Trinajstić information content (AvgIpc) is 2.80. The molecule has 0 atom stereocenters. The second-order valence-electron chi connectivity index (χ2n) is 6.77. The van der Waals surface area contributed by atoms with Gasteiger partial charge < -0.3 is 14.8 Å². The number of halogens is 2. The van der Waals surface area contributed by atoms with Crippen molar-refractivity contribution < 1.29 is 14.3 Å². The zero-order chi connectivity index (χ0) is 22.8. The maximum atomic E-state index is 13.5. The number of carbonyl (C=O) groups excluding carboxylic acids is 1. The molecule has 1 aliphatic rings. The molecule has 0 saturated carbocycles. The number of fused-ring (bicyclic) bond motifs is 1. The summed E-state index contributed by atoms with van der Waals surface area (Å²) in [4.78, 5) is 29.4. The van der Waals surface area contributed by atoms with Crippen molar-refractivity contribution in [1.82, 2.24) is 15.0 Å². The first-order valence-corrected chi connectivity index (χ1v) is 10.5.